The van der Waals surface area contributed by atoms with Crippen LogP contribution >= 0.6 is 0 Å². The Morgan fingerprint density at radius 2 is 2.12 bits per heavy atom. The molecule has 2 atom stereocenters. The lowest BCUT2D eigenvalue weighted by atomic mass is 9.95. The molecule has 2 aliphatic rings. The number of rotatable bonds is 2. The third-order valence-corrected chi connectivity index (χ3v) is 4.96. The third kappa shape index (κ3) is 2.60. The van der Waals surface area contributed by atoms with Gasteiger partial charge in [-0.1, -0.05) is 5.16 Å². The Morgan fingerprint density at radius 1 is 1.33 bits per heavy atom. The van der Waals surface area contributed by atoms with Crippen molar-refractivity contribution in [2.24, 2.45) is 0 Å². The number of ether oxygens (including phenoxy) is 1. The van der Waals surface area contributed by atoms with E-state index in [9.17, 15) is 4.79 Å². The molecule has 24 heavy (non-hydrogen) atoms. The van der Waals surface area contributed by atoms with Crippen LogP contribution in [0.3, 0.4) is 0 Å². The fourth-order valence-corrected chi connectivity index (χ4v) is 3.70. The molecule has 1 saturated heterocycles. The van der Waals surface area contributed by atoms with Crippen molar-refractivity contribution in [1.82, 2.24) is 25.2 Å². The first kappa shape index (κ1) is 15.3. The van der Waals surface area contributed by atoms with Crippen molar-refractivity contribution < 1.29 is 14.1 Å². The molecule has 1 amide bonds. The molecule has 128 valence electrons. The van der Waals surface area contributed by atoms with E-state index in [0.717, 1.165) is 36.3 Å². The van der Waals surface area contributed by atoms with Crippen LogP contribution in [0.4, 0.5) is 0 Å². The van der Waals surface area contributed by atoms with Gasteiger partial charge in [0.2, 0.25) is 6.39 Å². The average molecular weight is 331 g/mol. The van der Waals surface area contributed by atoms with E-state index in [4.69, 9.17) is 9.26 Å². The summed E-state index contributed by atoms with van der Waals surface area (Å²) in [6.07, 6.45) is 3.80. The first-order valence-electron chi connectivity index (χ1n) is 8.41. The second-order valence-electron chi connectivity index (χ2n) is 6.61. The number of H-pyrrole nitrogens is 1. The van der Waals surface area contributed by atoms with Gasteiger partial charge in [0.05, 0.1) is 17.9 Å². The molecule has 0 radical (unpaired) electrons. The summed E-state index contributed by atoms with van der Waals surface area (Å²) < 4.78 is 10.6. The van der Waals surface area contributed by atoms with Crippen LogP contribution in [0.15, 0.2) is 10.9 Å². The van der Waals surface area contributed by atoms with Gasteiger partial charge >= 0.3 is 0 Å². The molecular formula is C16H21N5O3. The summed E-state index contributed by atoms with van der Waals surface area (Å²) in [6, 6.07) is 0. The fraction of sp³-hybridized carbons (Fsp3) is 0.625. The van der Waals surface area contributed by atoms with Gasteiger partial charge in [-0.05, 0) is 26.7 Å². The van der Waals surface area contributed by atoms with E-state index in [1.807, 2.05) is 18.7 Å². The predicted molar refractivity (Wildman–Crippen MR) is 83.4 cm³/mol. The molecular weight excluding hydrogens is 310 g/mol. The van der Waals surface area contributed by atoms with Crippen LogP contribution in [0.1, 0.15) is 66.3 Å². The minimum Gasteiger partial charge on any atom is -0.369 e. The number of carbonyl (C=O) groups is 1. The van der Waals surface area contributed by atoms with Gasteiger partial charge in [0.25, 0.3) is 5.91 Å². The van der Waals surface area contributed by atoms with Gasteiger partial charge in [0, 0.05) is 31.0 Å². The number of carbonyl (C=O) groups excluding carboxylic acids is 1. The highest BCUT2D eigenvalue weighted by atomic mass is 16.5. The summed E-state index contributed by atoms with van der Waals surface area (Å²) in [5.41, 5.74) is 2.48. The summed E-state index contributed by atoms with van der Waals surface area (Å²) in [5, 5.41) is 11.2. The van der Waals surface area contributed by atoms with Gasteiger partial charge in [0.1, 0.15) is 0 Å². The maximum Gasteiger partial charge on any atom is 0.274 e. The maximum absolute atomic E-state index is 12.9. The molecule has 2 aliphatic heterocycles. The minimum absolute atomic E-state index is 0.000335. The number of aromatic nitrogens is 4. The van der Waals surface area contributed by atoms with Crippen LogP contribution in [-0.2, 0) is 11.2 Å². The van der Waals surface area contributed by atoms with Gasteiger partial charge in [0.15, 0.2) is 11.5 Å². The Balaban J connectivity index is 1.48. The van der Waals surface area contributed by atoms with E-state index in [0.29, 0.717) is 18.8 Å². The molecule has 4 heterocycles. The molecule has 0 spiro atoms. The zero-order chi connectivity index (χ0) is 16.7. The number of fused-ring (bicyclic) bond motifs is 1. The summed E-state index contributed by atoms with van der Waals surface area (Å²) in [5.74, 6) is 0.994. The van der Waals surface area contributed by atoms with E-state index in [1.165, 1.54) is 6.39 Å². The molecule has 2 aromatic heterocycles. The summed E-state index contributed by atoms with van der Waals surface area (Å²) in [6.45, 7) is 5.37. The number of likely N-dealkylation sites (tertiary alicyclic amines) is 1. The second kappa shape index (κ2) is 6.01. The molecule has 0 bridgehead atoms. The molecule has 0 saturated carbocycles. The third-order valence-electron chi connectivity index (χ3n) is 4.96. The van der Waals surface area contributed by atoms with Crippen molar-refractivity contribution >= 4 is 5.91 Å². The Hall–Kier alpha value is -2.22. The van der Waals surface area contributed by atoms with Crippen LogP contribution in [0.25, 0.3) is 0 Å². The number of piperidine rings is 1. The molecule has 8 heteroatoms. The van der Waals surface area contributed by atoms with Gasteiger partial charge < -0.3 is 14.2 Å². The smallest absolute Gasteiger partial charge is 0.274 e. The highest BCUT2D eigenvalue weighted by molar-refractivity contribution is 5.94. The zero-order valence-electron chi connectivity index (χ0n) is 13.9. The SMILES string of the molecule is C[C@@H]1Cc2c(C(=O)N3CCC(c4ncon4)CC3)n[nH]c2[C@H](C)O1. The second-order valence-corrected chi connectivity index (χ2v) is 6.61. The predicted octanol–water partition coefficient (Wildman–Crippen LogP) is 1.83. The number of hydrogen-bond acceptors (Lipinski definition) is 6. The largest absolute Gasteiger partial charge is 0.369 e. The number of aromatic amines is 1. The number of nitrogens with zero attached hydrogens (tertiary/aromatic N) is 4. The first-order chi connectivity index (χ1) is 11.6. The molecule has 0 unspecified atom stereocenters. The molecule has 8 nitrogen and oxygen atoms in total. The lowest BCUT2D eigenvalue weighted by Crippen LogP contribution is -2.39. The van der Waals surface area contributed by atoms with Crippen molar-refractivity contribution in [3.8, 4) is 0 Å². The number of amides is 1. The Kier molecular flexibility index (Phi) is 3.84. The van der Waals surface area contributed by atoms with Crippen molar-refractivity contribution in [2.75, 3.05) is 13.1 Å². The van der Waals surface area contributed by atoms with Gasteiger partial charge in [-0.3, -0.25) is 9.89 Å². The standard InChI is InChI=1S/C16H21N5O3/c1-9-7-12-13(10(2)24-9)18-19-14(12)16(22)21-5-3-11(4-6-21)15-17-8-23-20-15/h8-11H,3-7H2,1-2H3,(H,18,19)/t9-,10+/m1/s1. The van der Waals surface area contributed by atoms with Gasteiger partial charge in [-0.2, -0.15) is 10.1 Å². The lowest BCUT2D eigenvalue weighted by Gasteiger charge is -2.31. The Bertz CT molecular complexity index is 718. The van der Waals surface area contributed by atoms with Crippen molar-refractivity contribution in [3.05, 3.63) is 29.2 Å². The first-order valence-corrected chi connectivity index (χ1v) is 8.41. The fourth-order valence-electron chi connectivity index (χ4n) is 3.70. The monoisotopic (exact) mass is 331 g/mol. The quantitative estimate of drug-likeness (QED) is 0.902. The topological polar surface area (TPSA) is 97.1 Å². The summed E-state index contributed by atoms with van der Waals surface area (Å²) in [4.78, 5) is 18.9. The zero-order valence-corrected chi connectivity index (χ0v) is 13.9. The molecule has 1 fully saturated rings. The van der Waals surface area contributed by atoms with Crippen LogP contribution in [0, 0.1) is 0 Å². The Labute approximate surface area is 139 Å². The van der Waals surface area contributed by atoms with E-state index in [1.54, 1.807) is 0 Å². The van der Waals surface area contributed by atoms with Crippen molar-refractivity contribution in [2.45, 2.75) is 51.2 Å². The molecule has 0 aliphatic carbocycles. The molecule has 0 aromatic carbocycles. The van der Waals surface area contributed by atoms with Crippen LogP contribution < -0.4 is 0 Å². The normalized spacial score (nSPS) is 24.8. The van der Waals surface area contributed by atoms with Gasteiger partial charge in [-0.25, -0.2) is 0 Å². The van der Waals surface area contributed by atoms with E-state index in [-0.39, 0.29) is 24.0 Å². The van der Waals surface area contributed by atoms with Crippen molar-refractivity contribution in [1.29, 1.82) is 0 Å². The van der Waals surface area contributed by atoms with Crippen LogP contribution in [0.5, 0.6) is 0 Å². The lowest BCUT2D eigenvalue weighted by molar-refractivity contribution is -0.00703. The van der Waals surface area contributed by atoms with Crippen molar-refractivity contribution in [3.63, 3.8) is 0 Å². The van der Waals surface area contributed by atoms with Crippen LogP contribution in [-0.4, -0.2) is 50.3 Å². The minimum atomic E-state index is -0.0539. The van der Waals surface area contributed by atoms with E-state index >= 15 is 0 Å². The molecule has 2 aromatic rings. The number of hydrogen-bond donors (Lipinski definition) is 1. The molecule has 1 N–H and O–H groups in total. The maximum atomic E-state index is 12.9. The van der Waals surface area contributed by atoms with Crippen LogP contribution in [0.2, 0.25) is 0 Å². The highest BCUT2D eigenvalue weighted by Crippen LogP contribution is 2.32. The van der Waals surface area contributed by atoms with E-state index in [2.05, 4.69) is 20.3 Å². The highest BCUT2D eigenvalue weighted by Gasteiger charge is 2.33. The molecule has 4 rings (SSSR count). The average Bonchev–Trinajstić information content (AvgIpc) is 3.24. The number of nitrogens with one attached hydrogen (secondary N) is 1. The Morgan fingerprint density at radius 3 is 2.83 bits per heavy atom. The summed E-state index contributed by atoms with van der Waals surface area (Å²) >= 11 is 0. The summed E-state index contributed by atoms with van der Waals surface area (Å²) in [7, 11) is 0. The van der Waals surface area contributed by atoms with E-state index < -0.39 is 0 Å². The van der Waals surface area contributed by atoms with Gasteiger partial charge in [-0.15, -0.1) is 0 Å².